The third kappa shape index (κ3) is 3.89. The molecule has 6 nitrogen and oxygen atoms in total. The number of rotatable bonds is 3. The van der Waals surface area contributed by atoms with Crippen LogP contribution in [0.25, 0.3) is 5.70 Å². The van der Waals surface area contributed by atoms with Crippen molar-refractivity contribution < 1.29 is 9.90 Å². The minimum Gasteiger partial charge on any atom is -0.508 e. The van der Waals surface area contributed by atoms with Crippen LogP contribution in [-0.2, 0) is 10.5 Å². The first-order valence-electron chi connectivity index (χ1n) is 9.61. The van der Waals surface area contributed by atoms with E-state index in [2.05, 4.69) is 5.32 Å². The van der Waals surface area contributed by atoms with Gasteiger partial charge in [0.1, 0.15) is 11.4 Å². The number of para-hydroxylation sites is 1. The summed E-state index contributed by atoms with van der Waals surface area (Å²) in [6.07, 6.45) is -0.511. The molecule has 0 spiro atoms. The van der Waals surface area contributed by atoms with Crippen LogP contribution in [0.1, 0.15) is 17.3 Å². The second-order valence-corrected chi connectivity index (χ2v) is 8.48. The lowest BCUT2D eigenvalue weighted by molar-refractivity contribution is -0.116. The Balaban J connectivity index is 1.54. The number of hydrogen-bond acceptors (Lipinski definition) is 6. The van der Waals surface area contributed by atoms with Crippen LogP contribution in [0.5, 0.6) is 5.75 Å². The van der Waals surface area contributed by atoms with Gasteiger partial charge in [0.2, 0.25) is 0 Å². The van der Waals surface area contributed by atoms with Gasteiger partial charge in [-0.05, 0) is 41.5 Å². The fraction of sp³-hybridized carbons (Fsp3) is 0.0870. The normalized spacial score (nSPS) is 17.3. The molecule has 5 rings (SSSR count). The average molecular weight is 449 g/mol. The van der Waals surface area contributed by atoms with E-state index >= 15 is 0 Å². The fourth-order valence-corrected chi connectivity index (χ4v) is 4.42. The lowest BCUT2D eigenvalue weighted by Gasteiger charge is -2.34. The number of amidine groups is 1. The van der Waals surface area contributed by atoms with Crippen molar-refractivity contribution in [2.45, 2.75) is 11.9 Å². The third-order valence-corrected chi connectivity index (χ3v) is 6.18. The van der Waals surface area contributed by atoms with Gasteiger partial charge in [0.05, 0.1) is 5.36 Å². The summed E-state index contributed by atoms with van der Waals surface area (Å²) >= 11 is 7.39. The minimum atomic E-state index is -0.511. The van der Waals surface area contributed by atoms with Gasteiger partial charge in [-0.25, -0.2) is 5.01 Å². The summed E-state index contributed by atoms with van der Waals surface area (Å²) in [4.78, 5) is 17.9. The van der Waals surface area contributed by atoms with Crippen LogP contribution in [0.2, 0.25) is 5.02 Å². The number of carbonyl (C=O) groups excluding carboxylic acids is 1. The number of hydrazone groups is 1. The lowest BCUT2D eigenvalue weighted by atomic mass is 10.1. The van der Waals surface area contributed by atoms with Crippen LogP contribution < -0.4 is 15.9 Å². The van der Waals surface area contributed by atoms with Gasteiger partial charge in [-0.2, -0.15) is 0 Å². The minimum absolute atomic E-state index is 0.170. The van der Waals surface area contributed by atoms with E-state index in [-0.39, 0.29) is 11.7 Å². The van der Waals surface area contributed by atoms with E-state index in [0.29, 0.717) is 21.6 Å². The summed E-state index contributed by atoms with van der Waals surface area (Å²) < 4.78 is 0. The number of fused-ring (bicyclic) bond motifs is 2. The number of halogens is 1. The third-order valence-electron chi connectivity index (χ3n) is 5.00. The first-order valence-corrected chi connectivity index (χ1v) is 11.0. The SMILES string of the molecule is O=C1NC(SCc2ccc(Cl)cc2)=NN2C1=c1ccccc1=NC2c1ccc(O)cc1. The molecule has 1 unspecified atom stereocenters. The van der Waals surface area contributed by atoms with Crippen LogP contribution in [0.4, 0.5) is 0 Å². The molecule has 2 N–H and O–H groups in total. The molecule has 2 aliphatic rings. The van der Waals surface area contributed by atoms with Gasteiger partial charge in [0.25, 0.3) is 5.91 Å². The van der Waals surface area contributed by atoms with Gasteiger partial charge in [-0.3, -0.25) is 15.1 Å². The number of nitrogens with zero attached hydrogens (tertiary/aromatic N) is 3. The zero-order chi connectivity index (χ0) is 21.4. The van der Waals surface area contributed by atoms with E-state index in [1.165, 1.54) is 11.8 Å². The van der Waals surface area contributed by atoms with Crippen molar-refractivity contribution >= 4 is 40.1 Å². The summed E-state index contributed by atoms with van der Waals surface area (Å²) in [7, 11) is 0. The number of nitrogens with one attached hydrogen (secondary N) is 1. The molecule has 154 valence electrons. The molecule has 31 heavy (non-hydrogen) atoms. The van der Waals surface area contributed by atoms with Crippen molar-refractivity contribution in [1.29, 1.82) is 0 Å². The lowest BCUT2D eigenvalue weighted by Crippen LogP contribution is -2.50. The largest absolute Gasteiger partial charge is 0.508 e. The molecule has 0 saturated heterocycles. The average Bonchev–Trinajstić information content (AvgIpc) is 2.78. The van der Waals surface area contributed by atoms with Gasteiger partial charge >= 0.3 is 0 Å². The Morgan fingerprint density at radius 1 is 1.03 bits per heavy atom. The van der Waals surface area contributed by atoms with Gasteiger partial charge in [0.15, 0.2) is 11.3 Å². The van der Waals surface area contributed by atoms with Crippen molar-refractivity contribution in [2.75, 3.05) is 0 Å². The zero-order valence-corrected chi connectivity index (χ0v) is 17.8. The maximum atomic E-state index is 13.1. The molecule has 0 saturated carbocycles. The Morgan fingerprint density at radius 2 is 1.77 bits per heavy atom. The number of phenols is 1. The molecule has 2 heterocycles. The second-order valence-electron chi connectivity index (χ2n) is 7.08. The number of phenolic OH excluding ortho intramolecular Hbond substituents is 1. The van der Waals surface area contributed by atoms with E-state index in [1.54, 1.807) is 29.3 Å². The molecule has 0 aliphatic carbocycles. The van der Waals surface area contributed by atoms with Crippen molar-refractivity contribution in [3.63, 3.8) is 0 Å². The van der Waals surface area contributed by atoms with Crippen LogP contribution in [0.3, 0.4) is 0 Å². The standard InChI is InChI=1S/C23H17ClN4O2S/c24-16-9-5-14(6-10-16)13-31-23-26-22(30)20-18-3-1-2-4-19(18)25-21(28(20)27-23)15-7-11-17(29)12-8-15/h1-12,21,29H,13H2,(H,26,27,30). The predicted octanol–water partition coefficient (Wildman–Crippen LogP) is 3.12. The molecule has 1 amide bonds. The fourth-order valence-electron chi connectivity index (χ4n) is 3.49. The predicted molar refractivity (Wildman–Crippen MR) is 122 cm³/mol. The monoisotopic (exact) mass is 448 g/mol. The Labute approximate surface area is 187 Å². The Morgan fingerprint density at radius 3 is 2.55 bits per heavy atom. The van der Waals surface area contributed by atoms with Crippen LogP contribution in [0, 0.1) is 0 Å². The highest BCUT2D eigenvalue weighted by Crippen LogP contribution is 2.31. The highest BCUT2D eigenvalue weighted by molar-refractivity contribution is 8.13. The van der Waals surface area contributed by atoms with Crippen molar-refractivity contribution in [3.05, 3.63) is 99.5 Å². The Hall–Kier alpha value is -3.29. The highest BCUT2D eigenvalue weighted by Gasteiger charge is 2.34. The van der Waals surface area contributed by atoms with Gasteiger partial charge < -0.3 is 5.11 Å². The van der Waals surface area contributed by atoms with Gasteiger partial charge in [0, 0.05) is 16.0 Å². The molecular weight excluding hydrogens is 432 g/mol. The summed E-state index contributed by atoms with van der Waals surface area (Å²) in [6.45, 7) is 0. The van der Waals surface area contributed by atoms with Gasteiger partial charge in [-0.1, -0.05) is 65.8 Å². The zero-order valence-electron chi connectivity index (χ0n) is 16.2. The topological polar surface area (TPSA) is 77.3 Å². The number of thioether (sulfide) groups is 1. The molecule has 0 bridgehead atoms. The molecule has 1 atom stereocenters. The quantitative estimate of drug-likeness (QED) is 0.645. The van der Waals surface area contributed by atoms with Crippen molar-refractivity contribution in [3.8, 4) is 5.75 Å². The van der Waals surface area contributed by atoms with Gasteiger partial charge in [-0.15, -0.1) is 5.10 Å². The number of benzene rings is 3. The second kappa shape index (κ2) is 8.09. The molecule has 0 fully saturated rings. The van der Waals surface area contributed by atoms with E-state index in [1.807, 2.05) is 48.5 Å². The molecule has 8 heteroatoms. The molecular formula is C23H17ClN4O2S. The number of hydrogen-bond donors (Lipinski definition) is 2. The van der Waals surface area contributed by atoms with E-state index in [9.17, 15) is 9.90 Å². The summed E-state index contributed by atoms with van der Waals surface area (Å²) in [5.41, 5.74) is 2.36. The van der Waals surface area contributed by atoms with Crippen LogP contribution >= 0.6 is 23.4 Å². The molecule has 3 aromatic carbocycles. The first-order chi connectivity index (χ1) is 15.1. The van der Waals surface area contributed by atoms with E-state index < -0.39 is 6.17 Å². The number of carbonyl (C=O) groups is 1. The molecule has 0 radical (unpaired) electrons. The molecule has 2 aliphatic heterocycles. The summed E-state index contributed by atoms with van der Waals surface area (Å²) in [5, 5.41) is 21.6. The van der Waals surface area contributed by atoms with E-state index in [4.69, 9.17) is 21.7 Å². The van der Waals surface area contributed by atoms with Crippen molar-refractivity contribution in [2.24, 2.45) is 10.1 Å². The maximum absolute atomic E-state index is 13.1. The first kappa shape index (κ1) is 19.7. The number of aromatic hydroxyl groups is 1. The summed E-state index contributed by atoms with van der Waals surface area (Å²) in [5.74, 6) is 0.583. The van der Waals surface area contributed by atoms with Crippen LogP contribution in [-0.4, -0.2) is 21.2 Å². The maximum Gasteiger partial charge on any atom is 0.276 e. The summed E-state index contributed by atoms with van der Waals surface area (Å²) in [6, 6.07) is 21.9. The number of amides is 1. The smallest absolute Gasteiger partial charge is 0.276 e. The highest BCUT2D eigenvalue weighted by atomic mass is 35.5. The van der Waals surface area contributed by atoms with E-state index in [0.717, 1.165) is 21.7 Å². The Kier molecular flexibility index (Phi) is 5.13. The molecule has 3 aromatic rings. The molecule has 0 aromatic heterocycles. The van der Waals surface area contributed by atoms with Crippen molar-refractivity contribution in [1.82, 2.24) is 10.3 Å². The Bertz CT molecular complexity index is 1310. The van der Waals surface area contributed by atoms with Crippen LogP contribution in [0.15, 0.2) is 82.9 Å².